The van der Waals surface area contributed by atoms with Crippen molar-refractivity contribution < 1.29 is 4.79 Å². The Balaban J connectivity index is 1.66. The Labute approximate surface area is 203 Å². The fourth-order valence-electron chi connectivity index (χ4n) is 5.44. The summed E-state index contributed by atoms with van der Waals surface area (Å²) in [6.45, 7) is 3.93. The molecule has 0 bridgehead atoms. The lowest BCUT2D eigenvalue weighted by atomic mass is 9.95. The maximum Gasteiger partial charge on any atom is 0.337 e. The molecule has 6 nitrogen and oxygen atoms in total. The van der Waals surface area contributed by atoms with Gasteiger partial charge in [0.25, 0.3) is 5.56 Å². The minimum atomic E-state index is -0.434. The molecule has 0 saturated heterocycles. The molecule has 5 rings (SSSR count). The summed E-state index contributed by atoms with van der Waals surface area (Å²) in [6, 6.07) is 5.84. The van der Waals surface area contributed by atoms with E-state index in [0.717, 1.165) is 74.5 Å². The van der Waals surface area contributed by atoms with Crippen molar-refractivity contribution in [3.8, 4) is 5.69 Å². The molecule has 34 heavy (non-hydrogen) atoms. The molecule has 0 spiro atoms. The van der Waals surface area contributed by atoms with Gasteiger partial charge in [-0.3, -0.25) is 14.2 Å². The quantitative estimate of drug-likeness (QED) is 0.558. The highest BCUT2D eigenvalue weighted by atomic mass is 32.1. The molecule has 1 N–H and O–H groups in total. The molecule has 2 aromatic heterocycles. The average molecular weight is 480 g/mol. The van der Waals surface area contributed by atoms with Crippen LogP contribution in [0, 0.1) is 13.8 Å². The van der Waals surface area contributed by atoms with Crippen molar-refractivity contribution in [2.75, 3.05) is 0 Å². The first-order valence-electron chi connectivity index (χ1n) is 12.6. The van der Waals surface area contributed by atoms with Crippen LogP contribution in [0.4, 0.5) is 0 Å². The summed E-state index contributed by atoms with van der Waals surface area (Å²) in [7, 11) is 0. The molecule has 1 aromatic carbocycles. The molecule has 2 heterocycles. The predicted molar refractivity (Wildman–Crippen MR) is 137 cm³/mol. The highest BCUT2D eigenvalue weighted by Crippen LogP contribution is 2.33. The Morgan fingerprint density at radius 1 is 1.00 bits per heavy atom. The zero-order chi connectivity index (χ0) is 23.8. The molecule has 0 radical (unpaired) electrons. The Hall–Kier alpha value is -2.67. The smallest absolute Gasteiger partial charge is 0.337 e. The van der Waals surface area contributed by atoms with E-state index in [0.29, 0.717) is 15.9 Å². The Morgan fingerprint density at radius 2 is 1.74 bits per heavy atom. The van der Waals surface area contributed by atoms with Crippen molar-refractivity contribution >= 4 is 27.5 Å². The van der Waals surface area contributed by atoms with Crippen LogP contribution in [0.1, 0.15) is 72.9 Å². The van der Waals surface area contributed by atoms with E-state index in [1.54, 1.807) is 4.57 Å². The van der Waals surface area contributed by atoms with Crippen LogP contribution in [0.15, 0.2) is 27.8 Å². The summed E-state index contributed by atoms with van der Waals surface area (Å²) in [4.78, 5) is 42.5. The van der Waals surface area contributed by atoms with Gasteiger partial charge in [-0.15, -0.1) is 11.3 Å². The van der Waals surface area contributed by atoms with Crippen LogP contribution in [0.25, 0.3) is 15.9 Å². The fourth-order valence-corrected chi connectivity index (χ4v) is 6.81. The molecule has 1 fully saturated rings. The molecule has 0 aliphatic heterocycles. The van der Waals surface area contributed by atoms with E-state index in [1.165, 1.54) is 27.2 Å². The summed E-state index contributed by atoms with van der Waals surface area (Å²) >= 11 is 1.54. The van der Waals surface area contributed by atoms with Crippen LogP contribution in [0.3, 0.4) is 0 Å². The van der Waals surface area contributed by atoms with Gasteiger partial charge in [0.05, 0.1) is 11.1 Å². The first-order valence-corrected chi connectivity index (χ1v) is 13.4. The molecule has 180 valence electrons. The molecule has 7 heteroatoms. The third-order valence-corrected chi connectivity index (χ3v) is 8.82. The van der Waals surface area contributed by atoms with Gasteiger partial charge in [0.1, 0.15) is 11.4 Å². The van der Waals surface area contributed by atoms with Gasteiger partial charge in [-0.05, 0) is 81.2 Å². The second kappa shape index (κ2) is 9.53. The molecule has 0 unspecified atom stereocenters. The number of rotatable bonds is 4. The molecular formula is C27H33N3O3S. The lowest BCUT2D eigenvalue weighted by molar-refractivity contribution is -0.122. The summed E-state index contributed by atoms with van der Waals surface area (Å²) in [6.07, 6.45) is 10.5. The van der Waals surface area contributed by atoms with Crippen molar-refractivity contribution in [3.63, 3.8) is 0 Å². The Morgan fingerprint density at radius 3 is 2.50 bits per heavy atom. The number of aryl methyl sites for hydroxylation is 4. The summed E-state index contributed by atoms with van der Waals surface area (Å²) < 4.78 is 2.82. The van der Waals surface area contributed by atoms with Crippen LogP contribution in [-0.2, 0) is 24.2 Å². The molecular weight excluding hydrogens is 446 g/mol. The van der Waals surface area contributed by atoms with Gasteiger partial charge in [0.15, 0.2) is 0 Å². The third kappa shape index (κ3) is 4.26. The highest BCUT2D eigenvalue weighted by molar-refractivity contribution is 7.18. The SMILES string of the molecule is Cc1ccc(-n2c(=O)c3c4c(sc3n(CC(=O)NC3CCCCC3)c2=O)CCCCC4)cc1C. The van der Waals surface area contributed by atoms with Crippen molar-refractivity contribution in [1.29, 1.82) is 0 Å². The van der Waals surface area contributed by atoms with Crippen molar-refractivity contribution in [3.05, 3.63) is 60.6 Å². The van der Waals surface area contributed by atoms with Crippen molar-refractivity contribution in [2.24, 2.45) is 0 Å². The molecule has 1 saturated carbocycles. The molecule has 1 amide bonds. The van der Waals surface area contributed by atoms with E-state index in [-0.39, 0.29) is 24.1 Å². The van der Waals surface area contributed by atoms with E-state index in [9.17, 15) is 14.4 Å². The molecule has 2 aliphatic carbocycles. The number of benzene rings is 1. The van der Waals surface area contributed by atoms with Crippen LogP contribution >= 0.6 is 11.3 Å². The van der Waals surface area contributed by atoms with Gasteiger partial charge in [-0.2, -0.15) is 0 Å². The van der Waals surface area contributed by atoms with E-state index < -0.39 is 5.69 Å². The van der Waals surface area contributed by atoms with E-state index in [4.69, 9.17) is 0 Å². The van der Waals surface area contributed by atoms with Gasteiger partial charge >= 0.3 is 5.69 Å². The highest BCUT2D eigenvalue weighted by Gasteiger charge is 2.25. The van der Waals surface area contributed by atoms with Crippen LogP contribution in [-0.4, -0.2) is 21.1 Å². The van der Waals surface area contributed by atoms with Gasteiger partial charge in [-0.1, -0.05) is 31.7 Å². The van der Waals surface area contributed by atoms with Gasteiger partial charge in [0.2, 0.25) is 5.91 Å². The first kappa shape index (κ1) is 23.1. The average Bonchev–Trinajstić information content (AvgIpc) is 3.02. The predicted octanol–water partition coefficient (Wildman–Crippen LogP) is 4.55. The van der Waals surface area contributed by atoms with E-state index in [1.807, 2.05) is 32.0 Å². The number of carbonyl (C=O) groups excluding carboxylic acids is 1. The van der Waals surface area contributed by atoms with Crippen molar-refractivity contribution in [2.45, 2.75) is 90.6 Å². The number of nitrogens with zero attached hydrogens (tertiary/aromatic N) is 2. The molecule has 0 atom stereocenters. The standard InChI is InChI=1S/C27H33N3O3S/c1-17-13-14-20(15-18(17)2)30-25(32)24-21-11-7-4-8-12-22(21)34-26(24)29(27(30)33)16-23(31)28-19-9-5-3-6-10-19/h13-15,19H,3-12,16H2,1-2H3,(H,28,31). The number of carbonyl (C=O) groups is 1. The normalized spacial score (nSPS) is 16.9. The van der Waals surface area contributed by atoms with Crippen LogP contribution in [0.5, 0.6) is 0 Å². The lowest BCUT2D eigenvalue weighted by Crippen LogP contribution is -2.43. The lowest BCUT2D eigenvalue weighted by Gasteiger charge is -2.23. The second-order valence-electron chi connectivity index (χ2n) is 9.92. The summed E-state index contributed by atoms with van der Waals surface area (Å²) in [5, 5.41) is 3.77. The maximum atomic E-state index is 13.8. The third-order valence-electron chi connectivity index (χ3n) is 7.51. The molecule has 3 aromatic rings. The Kier molecular flexibility index (Phi) is 6.47. The minimum absolute atomic E-state index is 0.0592. The monoisotopic (exact) mass is 479 g/mol. The number of nitrogens with one attached hydrogen (secondary N) is 1. The molecule has 2 aliphatic rings. The number of aromatic nitrogens is 2. The summed E-state index contributed by atoms with van der Waals surface area (Å²) in [5.74, 6) is -0.149. The van der Waals surface area contributed by atoms with Gasteiger partial charge in [0, 0.05) is 10.9 Å². The van der Waals surface area contributed by atoms with Gasteiger partial charge < -0.3 is 5.32 Å². The minimum Gasteiger partial charge on any atom is -0.352 e. The number of thiophene rings is 1. The van der Waals surface area contributed by atoms with E-state index >= 15 is 0 Å². The van der Waals surface area contributed by atoms with Crippen molar-refractivity contribution in [1.82, 2.24) is 14.5 Å². The largest absolute Gasteiger partial charge is 0.352 e. The number of amides is 1. The van der Waals surface area contributed by atoms with E-state index in [2.05, 4.69) is 5.32 Å². The zero-order valence-corrected chi connectivity index (χ0v) is 20.9. The Bertz CT molecular complexity index is 1360. The second-order valence-corrected chi connectivity index (χ2v) is 11.0. The zero-order valence-electron chi connectivity index (χ0n) is 20.1. The fraction of sp³-hybridized carbons (Fsp3) is 0.519. The number of hydrogen-bond donors (Lipinski definition) is 1. The van der Waals surface area contributed by atoms with Gasteiger partial charge in [-0.25, -0.2) is 9.36 Å². The van der Waals surface area contributed by atoms with Crippen LogP contribution in [0.2, 0.25) is 0 Å². The topological polar surface area (TPSA) is 73.1 Å². The van der Waals surface area contributed by atoms with Crippen LogP contribution < -0.4 is 16.6 Å². The number of fused-ring (bicyclic) bond motifs is 3. The summed E-state index contributed by atoms with van der Waals surface area (Å²) in [5.41, 5.74) is 3.09. The maximum absolute atomic E-state index is 13.8. The number of hydrogen-bond acceptors (Lipinski definition) is 4. The first-order chi connectivity index (χ1) is 16.4.